The Morgan fingerprint density at radius 3 is 2.89 bits per heavy atom. The third-order valence-corrected chi connectivity index (χ3v) is 6.40. The largest absolute Gasteiger partial charge is 0.373 e. The summed E-state index contributed by atoms with van der Waals surface area (Å²) in [5, 5.41) is 13.7. The first-order chi connectivity index (χ1) is 17.3. The number of aryl methyl sites for hydroxylation is 1. The molecule has 36 heavy (non-hydrogen) atoms. The van der Waals surface area contributed by atoms with Gasteiger partial charge >= 0.3 is 0 Å². The molecule has 2 heterocycles. The van der Waals surface area contributed by atoms with Crippen molar-refractivity contribution in [3.05, 3.63) is 47.1 Å². The van der Waals surface area contributed by atoms with Crippen molar-refractivity contribution in [1.82, 2.24) is 25.7 Å². The van der Waals surface area contributed by atoms with E-state index in [1.807, 2.05) is 20.9 Å². The molecule has 1 aliphatic carbocycles. The fraction of sp³-hybridized carbons (Fsp3) is 0.577. The summed E-state index contributed by atoms with van der Waals surface area (Å²) < 4.78 is 33.9. The number of halogens is 2. The predicted molar refractivity (Wildman–Crippen MR) is 137 cm³/mol. The molecule has 1 amide bonds. The van der Waals surface area contributed by atoms with Crippen LogP contribution in [0, 0.1) is 6.92 Å². The Labute approximate surface area is 212 Å². The van der Waals surface area contributed by atoms with Crippen LogP contribution in [0.5, 0.6) is 0 Å². The number of aromatic nitrogens is 2. The first-order valence-corrected chi connectivity index (χ1v) is 12.6. The molecular weight excluding hydrogens is 466 g/mol. The van der Waals surface area contributed by atoms with Crippen LogP contribution in [0.3, 0.4) is 0 Å². The minimum Gasteiger partial charge on any atom is -0.373 e. The van der Waals surface area contributed by atoms with E-state index >= 15 is 0 Å². The third kappa shape index (κ3) is 7.74. The van der Waals surface area contributed by atoms with E-state index in [9.17, 15) is 13.6 Å². The highest BCUT2D eigenvalue weighted by Gasteiger charge is 2.22. The number of piperidine rings is 1. The van der Waals surface area contributed by atoms with E-state index < -0.39 is 17.8 Å². The number of hydrogen-bond donors (Lipinski definition) is 3. The lowest BCUT2D eigenvalue weighted by molar-refractivity contribution is -0.128. The Morgan fingerprint density at radius 1 is 1.39 bits per heavy atom. The maximum absolute atomic E-state index is 14.4. The monoisotopic (exact) mass is 504 g/mol. The van der Waals surface area contributed by atoms with Crippen molar-refractivity contribution in [1.29, 1.82) is 0 Å². The second-order valence-electron chi connectivity index (χ2n) is 9.30. The molecule has 1 fully saturated rings. The molecule has 1 saturated heterocycles. The number of rotatable bonds is 9. The molecule has 0 radical (unpaired) electrons. The molecule has 10 heteroatoms. The van der Waals surface area contributed by atoms with Crippen LogP contribution >= 0.6 is 0 Å². The molecular formula is C26H38F2N6O2. The van der Waals surface area contributed by atoms with E-state index in [0.29, 0.717) is 44.5 Å². The van der Waals surface area contributed by atoms with Crippen LogP contribution in [-0.2, 0) is 9.53 Å². The highest BCUT2D eigenvalue weighted by atomic mass is 19.1. The highest BCUT2D eigenvalue weighted by Crippen LogP contribution is 2.24. The summed E-state index contributed by atoms with van der Waals surface area (Å²) >= 11 is 0. The first kappa shape index (κ1) is 27.6. The van der Waals surface area contributed by atoms with Gasteiger partial charge in [0.2, 0.25) is 5.91 Å². The quantitative estimate of drug-likeness (QED) is 0.466. The second-order valence-corrected chi connectivity index (χ2v) is 9.30. The Bertz CT molecular complexity index is 1030. The van der Waals surface area contributed by atoms with Gasteiger partial charge in [-0.1, -0.05) is 0 Å². The molecule has 3 rings (SSSR count). The Kier molecular flexibility index (Phi) is 10.2. The van der Waals surface area contributed by atoms with Gasteiger partial charge in [0.1, 0.15) is 29.3 Å². The van der Waals surface area contributed by atoms with Crippen molar-refractivity contribution in [2.75, 3.05) is 26.7 Å². The smallest absolute Gasteiger partial charge is 0.219 e. The van der Waals surface area contributed by atoms with Crippen LogP contribution in [0.25, 0.3) is 5.70 Å². The molecule has 0 bridgehead atoms. The fourth-order valence-corrected chi connectivity index (χ4v) is 4.35. The number of hydrogen-bond acceptors (Lipinski definition) is 6. The van der Waals surface area contributed by atoms with Crippen molar-refractivity contribution < 1.29 is 18.3 Å². The van der Waals surface area contributed by atoms with Gasteiger partial charge in [-0.15, -0.1) is 0 Å². The first-order valence-electron chi connectivity index (χ1n) is 12.6. The number of ether oxygens (including phenoxy) is 1. The summed E-state index contributed by atoms with van der Waals surface area (Å²) in [5.41, 5.74) is 3.40. The number of H-pyrrole nitrogens is 1. The molecule has 2 aliphatic rings. The van der Waals surface area contributed by atoms with Gasteiger partial charge < -0.3 is 20.3 Å². The molecule has 0 saturated carbocycles. The van der Waals surface area contributed by atoms with Gasteiger partial charge in [-0.3, -0.25) is 14.9 Å². The van der Waals surface area contributed by atoms with Crippen molar-refractivity contribution >= 4 is 17.3 Å². The van der Waals surface area contributed by atoms with E-state index in [1.54, 1.807) is 18.0 Å². The van der Waals surface area contributed by atoms with Crippen LogP contribution in [0.1, 0.15) is 63.6 Å². The van der Waals surface area contributed by atoms with E-state index in [2.05, 4.69) is 20.8 Å². The van der Waals surface area contributed by atoms with Crippen LogP contribution in [0.4, 0.5) is 8.78 Å². The van der Waals surface area contributed by atoms with Crippen LogP contribution in [0.15, 0.2) is 40.8 Å². The van der Waals surface area contributed by atoms with Crippen LogP contribution in [0.2, 0.25) is 0 Å². The molecule has 2 atom stereocenters. The normalized spacial score (nSPS) is 24.6. The molecule has 3 N–H and O–H groups in total. The minimum absolute atomic E-state index is 0.0442. The van der Waals surface area contributed by atoms with Crippen LogP contribution in [-0.4, -0.2) is 65.6 Å². The molecule has 1 aliphatic heterocycles. The second kappa shape index (κ2) is 13.3. The van der Waals surface area contributed by atoms with Crippen LogP contribution < -0.4 is 10.6 Å². The van der Waals surface area contributed by atoms with Gasteiger partial charge in [-0.25, -0.2) is 8.78 Å². The maximum Gasteiger partial charge on any atom is 0.219 e. The minimum atomic E-state index is -0.732. The van der Waals surface area contributed by atoms with E-state index in [1.165, 1.54) is 6.08 Å². The van der Waals surface area contributed by atoms with E-state index in [-0.39, 0.29) is 12.0 Å². The molecule has 0 spiro atoms. The number of aliphatic imine (C=N–C) groups is 1. The molecule has 2 unspecified atom stereocenters. The number of likely N-dealkylation sites (tertiary alicyclic amines) is 1. The number of allylic oxidation sites excluding steroid dienone is 3. The van der Waals surface area contributed by atoms with Gasteiger partial charge in [0.05, 0.1) is 18.8 Å². The summed E-state index contributed by atoms with van der Waals surface area (Å²) in [6, 6.07) is 0. The van der Waals surface area contributed by atoms with Crippen molar-refractivity contribution in [3.8, 4) is 0 Å². The standard InChI is InChI=1S/C26H38F2N6O2/c1-17(36-24-10-6-5-8-20(27)14-23(24)28)11-12-30-26(29-4)25(22-15-31-33-18(22)2)32-21-9-7-13-34(16-21)19(3)35/h8,14-15,17,24,29-30H,5-7,9-13,16H2,1-4H3,(H,31,33)/b20-8+,23-14+,26-25+,32-21?. The summed E-state index contributed by atoms with van der Waals surface area (Å²) in [5.74, 6) is -0.349. The third-order valence-electron chi connectivity index (χ3n) is 6.40. The topological polar surface area (TPSA) is 94.6 Å². The van der Waals surface area contributed by atoms with Gasteiger partial charge in [-0.2, -0.15) is 5.10 Å². The Hall–Kier alpha value is -3.01. The van der Waals surface area contributed by atoms with Crippen molar-refractivity contribution in [3.63, 3.8) is 0 Å². The Morgan fingerprint density at radius 2 is 2.19 bits per heavy atom. The molecule has 8 nitrogen and oxygen atoms in total. The van der Waals surface area contributed by atoms with Gasteiger partial charge in [0.25, 0.3) is 0 Å². The zero-order chi connectivity index (χ0) is 26.1. The Balaban J connectivity index is 1.71. The number of amides is 1. The summed E-state index contributed by atoms with van der Waals surface area (Å²) in [6.07, 6.45) is 7.17. The number of aromatic amines is 1. The summed E-state index contributed by atoms with van der Waals surface area (Å²) in [4.78, 5) is 18.6. The fourth-order valence-electron chi connectivity index (χ4n) is 4.35. The highest BCUT2D eigenvalue weighted by molar-refractivity contribution is 5.94. The predicted octanol–water partition coefficient (Wildman–Crippen LogP) is 4.29. The number of nitrogens with one attached hydrogen (secondary N) is 3. The average molecular weight is 505 g/mol. The number of carbonyl (C=O) groups is 1. The molecule has 0 aromatic carbocycles. The van der Waals surface area contributed by atoms with E-state index in [0.717, 1.165) is 48.3 Å². The van der Waals surface area contributed by atoms with Gasteiger partial charge in [-0.05, 0) is 58.4 Å². The average Bonchev–Trinajstić information content (AvgIpc) is 3.27. The zero-order valence-electron chi connectivity index (χ0n) is 21.7. The zero-order valence-corrected chi connectivity index (χ0v) is 21.7. The lowest BCUT2D eigenvalue weighted by atomic mass is 10.1. The lowest BCUT2D eigenvalue weighted by Crippen LogP contribution is -2.39. The van der Waals surface area contributed by atoms with Gasteiger partial charge in [0, 0.05) is 50.1 Å². The van der Waals surface area contributed by atoms with E-state index in [4.69, 9.17) is 9.73 Å². The summed E-state index contributed by atoms with van der Waals surface area (Å²) in [6.45, 7) is 7.20. The molecule has 1 aromatic rings. The lowest BCUT2D eigenvalue weighted by Gasteiger charge is -2.27. The SMILES string of the molecule is CN/C(NCCC(C)OC1CCC/C=C(F)\C=C/1F)=C(\N=C1CCCN(C(C)=O)C1)c1cn[nH]c1C. The van der Waals surface area contributed by atoms with Crippen molar-refractivity contribution in [2.24, 2.45) is 4.99 Å². The maximum atomic E-state index is 14.4. The summed E-state index contributed by atoms with van der Waals surface area (Å²) in [7, 11) is 1.82. The van der Waals surface area contributed by atoms with Gasteiger partial charge in [0.15, 0.2) is 0 Å². The number of nitrogens with zero attached hydrogens (tertiary/aromatic N) is 3. The molecule has 198 valence electrons. The van der Waals surface area contributed by atoms with Crippen molar-refractivity contribution in [2.45, 2.75) is 71.5 Å². The molecule has 1 aromatic heterocycles. The number of carbonyl (C=O) groups excluding carboxylic acids is 1.